The van der Waals surface area contributed by atoms with Gasteiger partial charge in [0.2, 0.25) is 5.95 Å². The number of nitrogens with one attached hydrogen (secondary N) is 1. The molecule has 9 heteroatoms. The Labute approximate surface area is 260 Å². The first kappa shape index (κ1) is 30.4. The topological polar surface area (TPSA) is 111 Å². The summed E-state index contributed by atoms with van der Waals surface area (Å²) in [6.45, 7) is 9.67. The van der Waals surface area contributed by atoms with E-state index in [1.807, 2.05) is 0 Å². The standard InChI is InChI=1S/C33H40N6O2.C2H6O/c1-3-4-13-35-31-30-29(36-32(34)37-31)26-7-5-6-8-27(26)39(30)19-24-16-23(9-10-28(24)40-2)22-11-14-38(15-12-22)25-17-33(18-25)20-41-21-33;1-2-3/h5-11,16,25H,3-4,12-15,17-21H2,1-2H3,(H3,34,35,36,37);3H,2H2,1H3. The Bertz CT molecular complexity index is 1630. The average Bonchev–Trinajstić information content (AvgIpc) is 3.30. The van der Waals surface area contributed by atoms with E-state index in [4.69, 9.17) is 25.3 Å². The highest BCUT2D eigenvalue weighted by atomic mass is 16.5. The first-order valence-electron chi connectivity index (χ1n) is 16.1. The minimum absolute atomic E-state index is 0.250. The van der Waals surface area contributed by atoms with Crippen molar-refractivity contribution >= 4 is 39.3 Å². The van der Waals surface area contributed by atoms with Crippen LogP contribution in [-0.4, -0.2) is 77.1 Å². The van der Waals surface area contributed by atoms with E-state index in [1.54, 1.807) is 14.0 Å². The fourth-order valence-corrected chi connectivity index (χ4v) is 6.99. The quantitative estimate of drug-likeness (QED) is 0.211. The molecule has 4 aromatic rings. The third-order valence-electron chi connectivity index (χ3n) is 9.33. The number of aliphatic hydroxyl groups excluding tert-OH is 1. The molecule has 0 amide bonds. The van der Waals surface area contributed by atoms with Crippen LogP contribution in [0.25, 0.3) is 27.5 Å². The van der Waals surface area contributed by atoms with Gasteiger partial charge in [0.15, 0.2) is 5.82 Å². The maximum absolute atomic E-state index is 7.57. The van der Waals surface area contributed by atoms with Crippen LogP contribution in [0.15, 0.2) is 48.5 Å². The van der Waals surface area contributed by atoms with Crippen molar-refractivity contribution in [3.8, 4) is 5.75 Å². The van der Waals surface area contributed by atoms with Crippen LogP contribution in [-0.2, 0) is 11.3 Å². The van der Waals surface area contributed by atoms with Crippen molar-refractivity contribution in [3.63, 3.8) is 0 Å². The SMILES string of the molecule is CCCCNc1nc(N)nc2c3ccccc3n(Cc3cc(C4=CCN(C5CC6(COC6)C5)CC4)ccc3OC)c12.CCO. The lowest BCUT2D eigenvalue weighted by molar-refractivity contribution is -0.183. The van der Waals surface area contributed by atoms with Gasteiger partial charge in [0.1, 0.15) is 16.8 Å². The molecule has 1 aliphatic carbocycles. The van der Waals surface area contributed by atoms with E-state index in [9.17, 15) is 0 Å². The second kappa shape index (κ2) is 13.1. The highest BCUT2D eigenvalue weighted by molar-refractivity contribution is 6.09. The zero-order valence-electron chi connectivity index (χ0n) is 26.3. The van der Waals surface area contributed by atoms with Crippen LogP contribution in [0.4, 0.5) is 11.8 Å². The van der Waals surface area contributed by atoms with Gasteiger partial charge in [0.05, 0.1) is 32.4 Å². The van der Waals surface area contributed by atoms with E-state index in [1.165, 1.54) is 24.0 Å². The molecule has 0 radical (unpaired) electrons. The molecule has 0 bridgehead atoms. The van der Waals surface area contributed by atoms with Crippen molar-refractivity contribution in [1.29, 1.82) is 0 Å². The Kier molecular flexibility index (Phi) is 9.07. The highest BCUT2D eigenvalue weighted by Crippen LogP contribution is 2.49. The van der Waals surface area contributed by atoms with Gasteiger partial charge in [0.25, 0.3) is 0 Å². The fourth-order valence-electron chi connectivity index (χ4n) is 6.99. The molecular weight excluding hydrogens is 552 g/mol. The monoisotopic (exact) mass is 598 g/mol. The van der Waals surface area contributed by atoms with Crippen LogP contribution in [0.2, 0.25) is 0 Å². The number of ether oxygens (including phenoxy) is 2. The largest absolute Gasteiger partial charge is 0.496 e. The van der Waals surface area contributed by atoms with Crippen LogP contribution < -0.4 is 15.8 Å². The summed E-state index contributed by atoms with van der Waals surface area (Å²) in [6, 6.07) is 15.8. The van der Waals surface area contributed by atoms with E-state index in [-0.39, 0.29) is 12.6 Å². The Morgan fingerprint density at radius 1 is 1.14 bits per heavy atom. The normalized spacial score (nSPS) is 18.0. The molecule has 1 saturated carbocycles. The van der Waals surface area contributed by atoms with Gasteiger partial charge >= 0.3 is 0 Å². The Hall–Kier alpha value is -3.66. The van der Waals surface area contributed by atoms with Crippen molar-refractivity contribution in [2.75, 3.05) is 57.6 Å². The van der Waals surface area contributed by atoms with Gasteiger partial charge in [0, 0.05) is 48.6 Å². The molecule has 2 fully saturated rings. The third-order valence-corrected chi connectivity index (χ3v) is 9.33. The maximum atomic E-state index is 7.57. The average molecular weight is 599 g/mol. The van der Waals surface area contributed by atoms with Gasteiger partial charge in [-0.2, -0.15) is 4.98 Å². The van der Waals surface area contributed by atoms with Gasteiger partial charge in [-0.05, 0) is 61.9 Å². The molecule has 234 valence electrons. The summed E-state index contributed by atoms with van der Waals surface area (Å²) in [5.74, 6) is 1.96. The number of nitrogen functional groups attached to an aromatic ring is 1. The molecule has 0 unspecified atom stereocenters. The van der Waals surface area contributed by atoms with Crippen LogP contribution in [0.5, 0.6) is 5.75 Å². The van der Waals surface area contributed by atoms with E-state index >= 15 is 0 Å². The summed E-state index contributed by atoms with van der Waals surface area (Å²) in [4.78, 5) is 12.0. The molecule has 7 rings (SSSR count). The van der Waals surface area contributed by atoms with E-state index in [2.05, 4.69) is 75.2 Å². The summed E-state index contributed by atoms with van der Waals surface area (Å²) in [7, 11) is 1.75. The lowest BCUT2D eigenvalue weighted by Crippen LogP contribution is -2.60. The summed E-state index contributed by atoms with van der Waals surface area (Å²) >= 11 is 0. The van der Waals surface area contributed by atoms with E-state index in [0.29, 0.717) is 12.0 Å². The summed E-state index contributed by atoms with van der Waals surface area (Å²) in [5.41, 5.74) is 13.5. The van der Waals surface area contributed by atoms with Crippen molar-refractivity contribution in [2.24, 2.45) is 5.41 Å². The van der Waals surface area contributed by atoms with Crippen LogP contribution in [0.1, 0.15) is 57.1 Å². The summed E-state index contributed by atoms with van der Waals surface area (Å²) in [5, 5.41) is 12.2. The molecule has 2 aromatic carbocycles. The molecule has 44 heavy (non-hydrogen) atoms. The maximum Gasteiger partial charge on any atom is 0.222 e. The van der Waals surface area contributed by atoms with Gasteiger partial charge < -0.3 is 30.2 Å². The van der Waals surface area contributed by atoms with Crippen molar-refractivity contribution < 1.29 is 14.6 Å². The lowest BCUT2D eigenvalue weighted by Gasteiger charge is -2.56. The third kappa shape index (κ3) is 5.88. The first-order chi connectivity index (χ1) is 21.5. The number of aromatic nitrogens is 3. The van der Waals surface area contributed by atoms with Crippen molar-refractivity contribution in [2.45, 2.75) is 58.5 Å². The molecule has 4 N–H and O–H groups in total. The van der Waals surface area contributed by atoms with Gasteiger partial charge in [-0.15, -0.1) is 0 Å². The van der Waals surface area contributed by atoms with Crippen LogP contribution >= 0.6 is 0 Å². The number of hydrogen-bond donors (Lipinski definition) is 3. The van der Waals surface area contributed by atoms with E-state index < -0.39 is 0 Å². The van der Waals surface area contributed by atoms with Gasteiger partial charge in [-0.25, -0.2) is 4.98 Å². The predicted molar refractivity (Wildman–Crippen MR) is 178 cm³/mol. The highest BCUT2D eigenvalue weighted by Gasteiger charge is 2.51. The predicted octanol–water partition coefficient (Wildman–Crippen LogP) is 5.70. The fraction of sp³-hybridized carbons (Fsp3) is 0.486. The molecule has 9 nitrogen and oxygen atoms in total. The molecule has 3 aliphatic rings. The number of anilines is 2. The van der Waals surface area contributed by atoms with Crippen molar-refractivity contribution in [3.05, 3.63) is 59.7 Å². The van der Waals surface area contributed by atoms with Crippen LogP contribution in [0, 0.1) is 5.41 Å². The number of para-hydroxylation sites is 1. The second-order valence-electron chi connectivity index (χ2n) is 12.4. The lowest BCUT2D eigenvalue weighted by atomic mass is 9.63. The molecular formula is C35H46N6O3. The number of benzene rings is 2. The zero-order valence-corrected chi connectivity index (χ0v) is 26.3. The zero-order chi connectivity index (χ0) is 30.7. The smallest absolute Gasteiger partial charge is 0.222 e. The molecule has 0 atom stereocenters. The van der Waals surface area contributed by atoms with Gasteiger partial charge in [-0.3, -0.25) is 4.90 Å². The summed E-state index contributed by atoms with van der Waals surface area (Å²) in [6.07, 6.45) is 8.26. The Morgan fingerprint density at radius 3 is 2.61 bits per heavy atom. The number of aliphatic hydroxyl groups is 1. The molecule has 2 aromatic heterocycles. The van der Waals surface area contributed by atoms with E-state index in [0.717, 1.165) is 97.2 Å². The molecule has 2 aliphatic heterocycles. The number of unbranched alkanes of at least 4 members (excludes halogenated alkanes) is 1. The van der Waals surface area contributed by atoms with Crippen LogP contribution in [0.3, 0.4) is 0 Å². The first-order valence-corrected chi connectivity index (χ1v) is 16.1. The number of fused-ring (bicyclic) bond motifs is 3. The number of rotatable bonds is 9. The number of nitrogens with two attached hydrogens (primary N) is 1. The van der Waals surface area contributed by atoms with Crippen molar-refractivity contribution in [1.82, 2.24) is 19.4 Å². The minimum Gasteiger partial charge on any atom is -0.496 e. The molecule has 1 spiro atoms. The molecule has 1 saturated heterocycles. The number of hydrogen-bond acceptors (Lipinski definition) is 8. The second-order valence-corrected chi connectivity index (χ2v) is 12.4. The Morgan fingerprint density at radius 2 is 1.93 bits per heavy atom. The Balaban J connectivity index is 0.00000110. The molecule has 4 heterocycles. The minimum atomic E-state index is 0.250. The number of nitrogens with zero attached hydrogens (tertiary/aromatic N) is 4. The number of methoxy groups -OCH3 is 1. The van der Waals surface area contributed by atoms with Gasteiger partial charge in [-0.1, -0.05) is 43.7 Å². The summed E-state index contributed by atoms with van der Waals surface area (Å²) < 4.78 is 13.7.